The number of amides is 1. The summed E-state index contributed by atoms with van der Waals surface area (Å²) in [5, 5.41) is 5.79. The summed E-state index contributed by atoms with van der Waals surface area (Å²) < 4.78 is 13.4. The highest BCUT2D eigenvalue weighted by atomic mass is 32.1. The fourth-order valence-corrected chi connectivity index (χ4v) is 4.74. The van der Waals surface area contributed by atoms with Crippen LogP contribution in [0.5, 0.6) is 0 Å². The molecule has 5 rings (SSSR count). The Balaban J connectivity index is 1.36. The number of hydrogen-bond acceptors (Lipinski definition) is 5. The molecule has 1 aliphatic rings. The minimum absolute atomic E-state index is 0.0975. The molecule has 0 atom stereocenters. The Hall–Kier alpha value is -3.58. The molecule has 1 aliphatic carbocycles. The summed E-state index contributed by atoms with van der Waals surface area (Å²) in [4.78, 5) is 21.8. The van der Waals surface area contributed by atoms with Crippen molar-refractivity contribution in [3.05, 3.63) is 94.2 Å². The Labute approximate surface area is 182 Å². The van der Waals surface area contributed by atoms with Crippen molar-refractivity contribution in [2.24, 2.45) is 0 Å². The van der Waals surface area contributed by atoms with Crippen molar-refractivity contribution in [2.75, 3.05) is 11.1 Å². The first-order chi connectivity index (χ1) is 15.0. The number of anilines is 2. The van der Waals surface area contributed by atoms with Crippen molar-refractivity contribution in [3.8, 4) is 11.4 Å². The van der Waals surface area contributed by atoms with Crippen molar-refractivity contribution in [1.82, 2.24) is 9.97 Å². The average molecular weight is 431 g/mol. The molecule has 31 heavy (non-hydrogen) atoms. The first-order valence-corrected chi connectivity index (χ1v) is 10.8. The van der Waals surface area contributed by atoms with E-state index in [0.717, 1.165) is 34.8 Å². The maximum Gasteiger partial charge on any atom is 0.255 e. The molecular formula is C24H19FN4OS. The molecule has 2 aromatic carbocycles. The fraction of sp³-hybridized carbons (Fsp3) is 0.125. The van der Waals surface area contributed by atoms with Crippen LogP contribution >= 0.6 is 11.3 Å². The lowest BCUT2D eigenvalue weighted by atomic mass is 9.95. The standard InChI is InChI=1S/C24H19FN4OS/c25-17-8-9-18(26)20(13-17)28-22(30)15-4-6-16(7-5-15)24(10-11-24)23-29-21(14-31-23)19-3-1-2-12-27-19/h1-9,12-14H,10-11,26H2,(H,28,30). The number of nitrogen functional groups attached to an aromatic ring is 1. The van der Waals surface area contributed by atoms with Crippen molar-refractivity contribution >= 4 is 28.6 Å². The normalized spacial score (nSPS) is 14.2. The van der Waals surface area contributed by atoms with Gasteiger partial charge >= 0.3 is 0 Å². The van der Waals surface area contributed by atoms with E-state index in [1.807, 2.05) is 35.7 Å². The number of nitrogens with one attached hydrogen (secondary N) is 1. The maximum atomic E-state index is 13.4. The number of pyridine rings is 1. The SMILES string of the molecule is Nc1ccc(F)cc1NC(=O)c1ccc(C2(c3nc(-c4ccccn4)cs3)CC2)cc1. The topological polar surface area (TPSA) is 80.9 Å². The number of hydrogen-bond donors (Lipinski definition) is 2. The molecule has 2 aromatic heterocycles. The van der Waals surface area contributed by atoms with Gasteiger partial charge in [-0.3, -0.25) is 9.78 Å². The van der Waals surface area contributed by atoms with E-state index in [2.05, 4.69) is 10.3 Å². The van der Waals surface area contributed by atoms with Crippen LogP contribution < -0.4 is 11.1 Å². The van der Waals surface area contributed by atoms with E-state index in [0.29, 0.717) is 11.3 Å². The first-order valence-electron chi connectivity index (χ1n) is 9.89. The molecule has 2 heterocycles. The number of nitrogens with zero attached hydrogens (tertiary/aromatic N) is 2. The molecule has 7 heteroatoms. The number of nitrogens with two attached hydrogens (primary N) is 1. The molecule has 4 aromatic rings. The zero-order valence-corrected chi connectivity index (χ0v) is 17.3. The fourth-order valence-electron chi connectivity index (χ4n) is 3.65. The molecule has 0 aliphatic heterocycles. The third-order valence-electron chi connectivity index (χ3n) is 5.55. The summed E-state index contributed by atoms with van der Waals surface area (Å²) in [5.74, 6) is -0.788. The molecule has 0 spiro atoms. The van der Waals surface area contributed by atoms with Gasteiger partial charge in [0.05, 0.1) is 22.8 Å². The van der Waals surface area contributed by atoms with E-state index >= 15 is 0 Å². The maximum absolute atomic E-state index is 13.4. The van der Waals surface area contributed by atoms with Gasteiger partial charge in [0.15, 0.2) is 0 Å². The lowest BCUT2D eigenvalue weighted by molar-refractivity contribution is 0.102. The second-order valence-electron chi connectivity index (χ2n) is 7.60. The summed E-state index contributed by atoms with van der Waals surface area (Å²) in [5.41, 5.74) is 9.67. The highest BCUT2D eigenvalue weighted by Gasteiger charge is 2.48. The van der Waals surface area contributed by atoms with Crippen molar-refractivity contribution in [3.63, 3.8) is 0 Å². The molecule has 0 radical (unpaired) electrons. The van der Waals surface area contributed by atoms with Gasteiger partial charge < -0.3 is 11.1 Å². The van der Waals surface area contributed by atoms with Gasteiger partial charge in [0.25, 0.3) is 5.91 Å². The number of thiazole rings is 1. The number of carbonyl (C=O) groups is 1. The highest BCUT2D eigenvalue weighted by Crippen LogP contribution is 2.54. The molecule has 0 saturated heterocycles. The molecule has 154 valence electrons. The Morgan fingerprint density at radius 1 is 1.06 bits per heavy atom. The van der Waals surface area contributed by atoms with Crippen LogP contribution in [0.2, 0.25) is 0 Å². The van der Waals surface area contributed by atoms with E-state index < -0.39 is 5.82 Å². The quantitative estimate of drug-likeness (QED) is 0.423. The minimum Gasteiger partial charge on any atom is -0.397 e. The van der Waals surface area contributed by atoms with Gasteiger partial charge in [-0.15, -0.1) is 11.3 Å². The van der Waals surface area contributed by atoms with Gasteiger partial charge in [-0.1, -0.05) is 18.2 Å². The number of benzene rings is 2. The second kappa shape index (κ2) is 7.59. The van der Waals surface area contributed by atoms with Crippen molar-refractivity contribution in [2.45, 2.75) is 18.3 Å². The van der Waals surface area contributed by atoms with E-state index in [4.69, 9.17) is 10.7 Å². The second-order valence-corrected chi connectivity index (χ2v) is 8.46. The van der Waals surface area contributed by atoms with Crippen LogP contribution in [-0.4, -0.2) is 15.9 Å². The summed E-state index contributed by atoms with van der Waals surface area (Å²) >= 11 is 1.64. The van der Waals surface area contributed by atoms with Crippen LogP contribution in [0.25, 0.3) is 11.4 Å². The summed E-state index contributed by atoms with van der Waals surface area (Å²) in [6.45, 7) is 0. The van der Waals surface area contributed by atoms with Crippen molar-refractivity contribution in [1.29, 1.82) is 0 Å². The Morgan fingerprint density at radius 2 is 1.87 bits per heavy atom. The van der Waals surface area contributed by atoms with Gasteiger partial charge in [-0.05, 0) is 60.9 Å². The van der Waals surface area contributed by atoms with Gasteiger partial charge in [-0.25, -0.2) is 9.37 Å². The van der Waals surface area contributed by atoms with E-state index in [-0.39, 0.29) is 17.0 Å². The van der Waals surface area contributed by atoms with E-state index in [1.165, 1.54) is 18.2 Å². The monoisotopic (exact) mass is 430 g/mol. The minimum atomic E-state index is -0.455. The van der Waals surface area contributed by atoms with E-state index in [9.17, 15) is 9.18 Å². The summed E-state index contributed by atoms with van der Waals surface area (Å²) in [6, 6.07) is 17.2. The lowest BCUT2D eigenvalue weighted by Gasteiger charge is -2.14. The first kappa shape index (κ1) is 19.4. The van der Waals surface area contributed by atoms with Crippen LogP contribution in [0.15, 0.2) is 72.2 Å². The van der Waals surface area contributed by atoms with Crippen LogP contribution in [0, 0.1) is 5.82 Å². The number of halogens is 1. The van der Waals surface area contributed by atoms with Gasteiger partial charge in [-0.2, -0.15) is 0 Å². The molecule has 0 bridgehead atoms. The molecule has 0 unspecified atom stereocenters. The van der Waals surface area contributed by atoms with Crippen LogP contribution in [0.1, 0.15) is 33.8 Å². The third kappa shape index (κ3) is 3.68. The molecule has 1 fully saturated rings. The van der Waals surface area contributed by atoms with Gasteiger partial charge in [0, 0.05) is 22.6 Å². The molecular weight excluding hydrogens is 411 g/mol. The lowest BCUT2D eigenvalue weighted by Crippen LogP contribution is -2.14. The Kier molecular flexibility index (Phi) is 4.75. The highest BCUT2D eigenvalue weighted by molar-refractivity contribution is 7.10. The molecule has 1 saturated carbocycles. The average Bonchev–Trinajstić information content (AvgIpc) is 3.46. The van der Waals surface area contributed by atoms with Crippen LogP contribution in [0.3, 0.4) is 0 Å². The zero-order chi connectivity index (χ0) is 21.4. The summed E-state index contributed by atoms with van der Waals surface area (Å²) in [6.07, 6.45) is 3.81. The van der Waals surface area contributed by atoms with Gasteiger partial charge in [0.1, 0.15) is 10.8 Å². The van der Waals surface area contributed by atoms with Crippen LogP contribution in [-0.2, 0) is 5.41 Å². The molecule has 5 nitrogen and oxygen atoms in total. The largest absolute Gasteiger partial charge is 0.397 e. The van der Waals surface area contributed by atoms with Crippen molar-refractivity contribution < 1.29 is 9.18 Å². The zero-order valence-electron chi connectivity index (χ0n) is 16.5. The Morgan fingerprint density at radius 3 is 2.58 bits per heavy atom. The number of carbonyl (C=O) groups excluding carboxylic acids is 1. The predicted molar refractivity (Wildman–Crippen MR) is 121 cm³/mol. The van der Waals surface area contributed by atoms with Gasteiger partial charge in [0.2, 0.25) is 0 Å². The third-order valence-corrected chi connectivity index (χ3v) is 6.60. The molecule has 3 N–H and O–H groups in total. The Bertz CT molecular complexity index is 1250. The predicted octanol–water partition coefficient (Wildman–Crippen LogP) is 5.26. The van der Waals surface area contributed by atoms with Crippen LogP contribution in [0.4, 0.5) is 15.8 Å². The number of aromatic nitrogens is 2. The van der Waals surface area contributed by atoms with E-state index in [1.54, 1.807) is 29.7 Å². The molecule has 1 amide bonds. The number of rotatable bonds is 5. The smallest absolute Gasteiger partial charge is 0.255 e. The summed E-state index contributed by atoms with van der Waals surface area (Å²) in [7, 11) is 0.